The van der Waals surface area contributed by atoms with Crippen LogP contribution >= 0.6 is 11.3 Å². The third kappa shape index (κ3) is 4.72. The van der Waals surface area contributed by atoms with E-state index in [4.69, 9.17) is 0 Å². The van der Waals surface area contributed by atoms with Crippen molar-refractivity contribution in [1.29, 1.82) is 0 Å². The second-order valence-corrected chi connectivity index (χ2v) is 7.60. The Morgan fingerprint density at radius 3 is 2.74 bits per heavy atom. The number of carbonyl (C=O) groups is 1. The van der Waals surface area contributed by atoms with Crippen LogP contribution in [0.3, 0.4) is 0 Å². The standard InChI is InChI=1S/C19H22N6OS/c26-19(24-8-6-23(7-9-24)13-18-5-2-10-27-18)22-17-4-1-3-16(11-17)12-25-15-20-14-21-25/h1-5,10-11,14-15H,6-9,12-13H2,(H,22,26). The molecular weight excluding hydrogens is 360 g/mol. The molecule has 1 fully saturated rings. The number of urea groups is 1. The van der Waals surface area contributed by atoms with Crippen LogP contribution in [-0.4, -0.2) is 56.8 Å². The topological polar surface area (TPSA) is 66.3 Å². The zero-order valence-electron chi connectivity index (χ0n) is 15.0. The molecule has 1 saturated heterocycles. The molecule has 3 aromatic rings. The van der Waals surface area contributed by atoms with E-state index in [1.165, 1.54) is 11.2 Å². The molecule has 3 heterocycles. The number of hydrogen-bond donors (Lipinski definition) is 1. The number of amides is 2. The summed E-state index contributed by atoms with van der Waals surface area (Å²) in [5, 5.41) is 9.24. The Bertz CT molecular complexity index is 856. The maximum absolute atomic E-state index is 12.6. The van der Waals surface area contributed by atoms with Gasteiger partial charge in [-0.3, -0.25) is 4.90 Å². The molecule has 0 bridgehead atoms. The summed E-state index contributed by atoms with van der Waals surface area (Å²) < 4.78 is 1.76. The Balaban J connectivity index is 1.29. The molecule has 2 aromatic heterocycles. The van der Waals surface area contributed by atoms with E-state index in [2.05, 4.69) is 37.8 Å². The highest BCUT2D eigenvalue weighted by molar-refractivity contribution is 7.09. The lowest BCUT2D eigenvalue weighted by atomic mass is 10.2. The first-order valence-corrected chi connectivity index (χ1v) is 9.86. The van der Waals surface area contributed by atoms with Crippen molar-refractivity contribution in [3.8, 4) is 0 Å². The second kappa shape index (κ2) is 8.32. The Morgan fingerprint density at radius 2 is 2.00 bits per heavy atom. The molecule has 0 spiro atoms. The summed E-state index contributed by atoms with van der Waals surface area (Å²) in [4.78, 5) is 22.2. The monoisotopic (exact) mass is 382 g/mol. The quantitative estimate of drug-likeness (QED) is 0.737. The van der Waals surface area contributed by atoms with Crippen molar-refractivity contribution >= 4 is 23.1 Å². The van der Waals surface area contributed by atoms with Crippen molar-refractivity contribution in [2.75, 3.05) is 31.5 Å². The number of benzene rings is 1. The Labute approximate surface area is 162 Å². The van der Waals surface area contributed by atoms with Gasteiger partial charge in [0.05, 0.1) is 6.54 Å². The van der Waals surface area contributed by atoms with Crippen LogP contribution in [0.1, 0.15) is 10.4 Å². The normalized spacial score (nSPS) is 15.0. The number of nitrogens with zero attached hydrogens (tertiary/aromatic N) is 5. The van der Waals surface area contributed by atoms with E-state index in [-0.39, 0.29) is 6.03 Å². The van der Waals surface area contributed by atoms with Gasteiger partial charge in [0, 0.05) is 43.3 Å². The minimum atomic E-state index is -0.0383. The van der Waals surface area contributed by atoms with Crippen molar-refractivity contribution in [2.45, 2.75) is 13.1 Å². The Morgan fingerprint density at radius 1 is 1.11 bits per heavy atom. The predicted octanol–water partition coefficient (Wildman–Crippen LogP) is 2.74. The van der Waals surface area contributed by atoms with Crippen molar-refractivity contribution in [2.24, 2.45) is 0 Å². The Kier molecular flexibility index (Phi) is 5.45. The molecule has 7 nitrogen and oxygen atoms in total. The summed E-state index contributed by atoms with van der Waals surface area (Å²) in [5.41, 5.74) is 1.87. The van der Waals surface area contributed by atoms with Crippen molar-refractivity contribution in [3.05, 3.63) is 64.9 Å². The van der Waals surface area contributed by atoms with Crippen LogP contribution in [0, 0.1) is 0 Å². The fraction of sp³-hybridized carbons (Fsp3) is 0.316. The lowest BCUT2D eigenvalue weighted by molar-refractivity contribution is 0.143. The number of rotatable bonds is 5. The van der Waals surface area contributed by atoms with E-state index in [9.17, 15) is 4.79 Å². The average Bonchev–Trinajstić information content (AvgIpc) is 3.37. The van der Waals surface area contributed by atoms with Crippen molar-refractivity contribution < 1.29 is 4.79 Å². The highest BCUT2D eigenvalue weighted by Gasteiger charge is 2.21. The largest absolute Gasteiger partial charge is 0.322 e. The van der Waals surface area contributed by atoms with Crippen LogP contribution in [0.4, 0.5) is 10.5 Å². The molecule has 140 valence electrons. The fourth-order valence-corrected chi connectivity index (χ4v) is 3.93. The lowest BCUT2D eigenvalue weighted by Crippen LogP contribution is -2.49. The SMILES string of the molecule is O=C(Nc1cccc(Cn2cncn2)c1)N1CCN(Cc2cccs2)CC1. The van der Waals surface area contributed by atoms with E-state index < -0.39 is 0 Å². The molecule has 1 aliphatic heterocycles. The summed E-state index contributed by atoms with van der Waals surface area (Å²) in [6.45, 7) is 4.89. The fourth-order valence-electron chi connectivity index (χ4n) is 3.18. The molecule has 1 aliphatic rings. The first-order chi connectivity index (χ1) is 13.3. The molecular formula is C19H22N6OS. The number of piperazine rings is 1. The van der Waals surface area contributed by atoms with Gasteiger partial charge in [0.15, 0.2) is 0 Å². The maximum atomic E-state index is 12.6. The second-order valence-electron chi connectivity index (χ2n) is 6.57. The van der Waals surface area contributed by atoms with Crippen LogP contribution < -0.4 is 5.32 Å². The molecule has 2 amide bonds. The lowest BCUT2D eigenvalue weighted by Gasteiger charge is -2.34. The van der Waals surface area contributed by atoms with Crippen LogP contribution in [0.5, 0.6) is 0 Å². The smallest absolute Gasteiger partial charge is 0.321 e. The minimum absolute atomic E-state index is 0.0383. The zero-order chi connectivity index (χ0) is 18.5. The van der Waals surface area contributed by atoms with Gasteiger partial charge in [0.25, 0.3) is 0 Å². The highest BCUT2D eigenvalue weighted by atomic mass is 32.1. The minimum Gasteiger partial charge on any atom is -0.322 e. The van der Waals surface area contributed by atoms with E-state index >= 15 is 0 Å². The number of nitrogens with one attached hydrogen (secondary N) is 1. The number of thiophene rings is 1. The first-order valence-electron chi connectivity index (χ1n) is 8.98. The highest BCUT2D eigenvalue weighted by Crippen LogP contribution is 2.15. The molecule has 1 aromatic carbocycles. The van der Waals surface area contributed by atoms with E-state index in [1.807, 2.05) is 29.2 Å². The molecule has 0 aliphatic carbocycles. The number of carbonyl (C=O) groups excluding carboxylic acids is 1. The van der Waals surface area contributed by atoms with Gasteiger partial charge in [0.2, 0.25) is 0 Å². The van der Waals surface area contributed by atoms with Crippen LogP contribution in [-0.2, 0) is 13.1 Å². The van der Waals surface area contributed by atoms with Crippen molar-refractivity contribution in [3.63, 3.8) is 0 Å². The van der Waals surface area contributed by atoms with Crippen molar-refractivity contribution in [1.82, 2.24) is 24.6 Å². The molecule has 1 N–H and O–H groups in total. The van der Waals surface area contributed by atoms with Gasteiger partial charge in [0.1, 0.15) is 12.7 Å². The van der Waals surface area contributed by atoms with E-state index in [0.717, 1.165) is 44.0 Å². The number of hydrogen-bond acceptors (Lipinski definition) is 5. The zero-order valence-corrected chi connectivity index (χ0v) is 15.8. The van der Waals surface area contributed by atoms with E-state index in [1.54, 1.807) is 22.3 Å². The summed E-state index contributed by atoms with van der Waals surface area (Å²) >= 11 is 1.78. The van der Waals surface area contributed by atoms with Gasteiger partial charge in [-0.25, -0.2) is 14.5 Å². The molecule has 0 saturated carbocycles. The van der Waals surface area contributed by atoms with Crippen LogP contribution in [0.15, 0.2) is 54.4 Å². The number of aromatic nitrogens is 3. The summed E-state index contributed by atoms with van der Waals surface area (Å²) in [7, 11) is 0. The van der Waals surface area contributed by atoms with Gasteiger partial charge >= 0.3 is 6.03 Å². The number of anilines is 1. The first kappa shape index (κ1) is 17.7. The molecule has 27 heavy (non-hydrogen) atoms. The van der Waals surface area contributed by atoms with Gasteiger partial charge < -0.3 is 10.2 Å². The molecule has 0 atom stereocenters. The molecule has 8 heteroatoms. The van der Waals surface area contributed by atoms with Gasteiger partial charge in [-0.1, -0.05) is 18.2 Å². The van der Waals surface area contributed by atoms with Crippen LogP contribution in [0.25, 0.3) is 0 Å². The third-order valence-electron chi connectivity index (χ3n) is 4.61. The average molecular weight is 382 g/mol. The Hall–Kier alpha value is -2.71. The predicted molar refractivity (Wildman–Crippen MR) is 106 cm³/mol. The molecule has 0 radical (unpaired) electrons. The van der Waals surface area contributed by atoms with Crippen LogP contribution in [0.2, 0.25) is 0 Å². The third-order valence-corrected chi connectivity index (χ3v) is 5.47. The summed E-state index contributed by atoms with van der Waals surface area (Å²) in [5.74, 6) is 0. The summed E-state index contributed by atoms with van der Waals surface area (Å²) in [6.07, 6.45) is 3.20. The van der Waals surface area contributed by atoms with Gasteiger partial charge in [-0.15, -0.1) is 11.3 Å². The van der Waals surface area contributed by atoms with Gasteiger partial charge in [-0.2, -0.15) is 5.10 Å². The van der Waals surface area contributed by atoms with E-state index in [0.29, 0.717) is 6.54 Å². The summed E-state index contributed by atoms with van der Waals surface area (Å²) in [6, 6.07) is 12.1. The van der Waals surface area contributed by atoms with Gasteiger partial charge in [-0.05, 0) is 29.1 Å². The molecule has 0 unspecified atom stereocenters. The maximum Gasteiger partial charge on any atom is 0.321 e. The molecule has 4 rings (SSSR count).